The Balaban J connectivity index is 1.62. The van der Waals surface area contributed by atoms with E-state index in [1.165, 1.54) is 0 Å². The van der Waals surface area contributed by atoms with Gasteiger partial charge in [0.2, 0.25) is 0 Å². The van der Waals surface area contributed by atoms with Gasteiger partial charge in [0, 0.05) is 36.3 Å². The zero-order valence-corrected chi connectivity index (χ0v) is 20.4. The fraction of sp³-hybridized carbons (Fsp3) is 0.269. The molecule has 9 nitrogen and oxygen atoms in total. The smallest absolute Gasteiger partial charge is 0.357 e. The average molecular weight is 503 g/mol. The van der Waals surface area contributed by atoms with E-state index in [2.05, 4.69) is 26.0 Å². The molecule has 0 saturated carbocycles. The number of benzene rings is 1. The number of carbonyl (C=O) groups excluding carboxylic acids is 1. The first kappa shape index (κ1) is 23.6. The molecule has 0 bridgehead atoms. The first-order valence-electron chi connectivity index (χ1n) is 11.7. The van der Waals surface area contributed by atoms with Crippen LogP contribution in [0.4, 0.5) is 5.82 Å². The molecule has 0 aliphatic carbocycles. The van der Waals surface area contributed by atoms with Crippen LogP contribution < -0.4 is 9.19 Å². The third-order valence-corrected chi connectivity index (χ3v) is 6.37. The van der Waals surface area contributed by atoms with Crippen LogP contribution in [0.3, 0.4) is 0 Å². The van der Waals surface area contributed by atoms with Crippen LogP contribution in [0.15, 0.2) is 54.7 Å². The van der Waals surface area contributed by atoms with Gasteiger partial charge in [-0.15, -0.1) is 5.10 Å². The summed E-state index contributed by atoms with van der Waals surface area (Å²) in [5, 5.41) is 14.2. The Labute approximate surface area is 213 Å². The Hall–Kier alpha value is -4.16. The number of anilines is 1. The van der Waals surface area contributed by atoms with E-state index in [9.17, 15) is 4.79 Å². The lowest BCUT2D eigenvalue weighted by molar-refractivity contribution is 0.0520. The highest BCUT2D eigenvalue weighted by Gasteiger charge is 2.24. The van der Waals surface area contributed by atoms with Crippen LogP contribution in [0.2, 0.25) is 0 Å². The Morgan fingerprint density at radius 3 is 2.61 bits per heavy atom. The number of rotatable bonds is 6. The summed E-state index contributed by atoms with van der Waals surface area (Å²) in [5.41, 5.74) is 2.66. The first-order chi connectivity index (χ1) is 17.6. The number of ether oxygens (including phenoxy) is 1. The molecule has 1 aromatic carbocycles. The molecule has 0 N–H and O–H groups in total. The minimum absolute atomic E-state index is 0.0991. The second-order valence-corrected chi connectivity index (χ2v) is 8.55. The number of hydrogen-bond acceptors (Lipinski definition) is 8. The van der Waals surface area contributed by atoms with Gasteiger partial charge in [0.15, 0.2) is 11.3 Å². The maximum absolute atomic E-state index is 12.7. The van der Waals surface area contributed by atoms with Crippen molar-refractivity contribution in [3.05, 3.63) is 60.4 Å². The summed E-state index contributed by atoms with van der Waals surface area (Å²) < 4.78 is 11.9. The summed E-state index contributed by atoms with van der Waals surface area (Å²) in [6.45, 7) is 3.53. The largest absolute Gasteiger partial charge is 0.461 e. The molecule has 1 fully saturated rings. The number of halogens is 1. The predicted molar refractivity (Wildman–Crippen MR) is 135 cm³/mol. The van der Waals surface area contributed by atoms with Gasteiger partial charge >= 0.3 is 5.97 Å². The molecule has 1 saturated heterocycles. The molecule has 0 spiro atoms. The van der Waals surface area contributed by atoms with Crippen LogP contribution in [0.25, 0.3) is 27.8 Å². The fourth-order valence-corrected chi connectivity index (χ4v) is 4.50. The van der Waals surface area contributed by atoms with E-state index in [-0.39, 0.29) is 24.1 Å². The minimum atomic E-state index is -0.542. The molecular weight excluding hydrogens is 480 g/mol. The molecule has 4 aromatic rings. The van der Waals surface area contributed by atoms with Crippen molar-refractivity contribution in [1.82, 2.24) is 19.7 Å². The standard InChI is InChI=1S/C26H23ClN6O3/c1-2-35-26(34)21-14-20(18-8-9-22(29-16-18)32-12-10-17(15-28)11-13-32)23-24(30-21)33(31-25(23)36-27)19-6-4-3-5-7-19/h3-9,14,16-17H,2,10-13H2,1H3. The number of piperidine rings is 1. The van der Waals surface area contributed by atoms with Crippen LogP contribution in [0.1, 0.15) is 30.3 Å². The normalized spacial score (nSPS) is 14.0. The minimum Gasteiger partial charge on any atom is -0.461 e. The fourth-order valence-electron chi connectivity index (χ4n) is 4.39. The van der Waals surface area contributed by atoms with Crippen molar-refractivity contribution < 1.29 is 13.8 Å². The summed E-state index contributed by atoms with van der Waals surface area (Å²) in [7, 11) is 0. The van der Waals surface area contributed by atoms with Gasteiger partial charge < -0.3 is 13.9 Å². The Morgan fingerprint density at radius 2 is 1.97 bits per heavy atom. The van der Waals surface area contributed by atoms with Crippen molar-refractivity contribution in [2.75, 3.05) is 24.6 Å². The van der Waals surface area contributed by atoms with E-state index in [4.69, 9.17) is 26.2 Å². The van der Waals surface area contributed by atoms with E-state index in [0.29, 0.717) is 16.6 Å². The summed E-state index contributed by atoms with van der Waals surface area (Å²) in [6, 6.07) is 17.2. The number of fused-ring (bicyclic) bond motifs is 1. The molecule has 3 aromatic heterocycles. The van der Waals surface area contributed by atoms with E-state index in [1.54, 1.807) is 23.9 Å². The molecule has 0 atom stereocenters. The Kier molecular flexibility index (Phi) is 6.69. The topological polar surface area (TPSA) is 106 Å². The van der Waals surface area contributed by atoms with Gasteiger partial charge in [-0.05, 0) is 50.1 Å². The van der Waals surface area contributed by atoms with Gasteiger partial charge in [0.25, 0.3) is 5.88 Å². The summed E-state index contributed by atoms with van der Waals surface area (Å²) in [5.74, 6) is 0.553. The van der Waals surface area contributed by atoms with Crippen LogP contribution in [0.5, 0.6) is 5.88 Å². The van der Waals surface area contributed by atoms with Gasteiger partial charge in [-0.1, -0.05) is 18.2 Å². The van der Waals surface area contributed by atoms with Crippen LogP contribution >= 0.6 is 11.9 Å². The number of carbonyl (C=O) groups is 1. The third-order valence-electron chi connectivity index (χ3n) is 6.22. The highest BCUT2D eigenvalue weighted by Crippen LogP contribution is 2.37. The van der Waals surface area contributed by atoms with E-state index < -0.39 is 5.97 Å². The molecule has 36 heavy (non-hydrogen) atoms. The number of nitriles is 1. The molecule has 182 valence electrons. The lowest BCUT2D eigenvalue weighted by Crippen LogP contribution is -2.33. The highest BCUT2D eigenvalue weighted by atomic mass is 35.5. The molecule has 10 heteroatoms. The number of para-hydroxylation sites is 1. The first-order valence-corrected chi connectivity index (χ1v) is 12.0. The summed E-state index contributed by atoms with van der Waals surface area (Å²) in [6.07, 6.45) is 3.39. The maximum atomic E-state index is 12.7. The Morgan fingerprint density at radius 1 is 1.19 bits per heavy atom. The number of aromatic nitrogens is 4. The van der Waals surface area contributed by atoms with Crippen LogP contribution in [-0.2, 0) is 4.74 Å². The molecule has 1 aliphatic heterocycles. The second kappa shape index (κ2) is 10.2. The molecule has 4 heterocycles. The zero-order chi connectivity index (χ0) is 25.1. The number of pyridine rings is 2. The van der Waals surface area contributed by atoms with Crippen molar-refractivity contribution in [1.29, 1.82) is 5.26 Å². The second-order valence-electron chi connectivity index (χ2n) is 8.40. The number of hydrogen-bond donors (Lipinski definition) is 0. The van der Waals surface area contributed by atoms with Crippen molar-refractivity contribution in [3.8, 4) is 28.8 Å². The highest BCUT2D eigenvalue weighted by molar-refractivity contribution is 6.11. The van der Waals surface area contributed by atoms with E-state index in [0.717, 1.165) is 43.0 Å². The molecular formula is C26H23ClN6O3. The molecule has 0 radical (unpaired) electrons. The van der Waals surface area contributed by atoms with Gasteiger partial charge in [-0.3, -0.25) is 0 Å². The third kappa shape index (κ3) is 4.43. The SMILES string of the molecule is CCOC(=O)c1cc(-c2ccc(N3CCC(C#N)CC3)nc2)c2c(OCl)nn(-c3ccccc3)c2n1. The summed E-state index contributed by atoms with van der Waals surface area (Å²) in [4.78, 5) is 24.1. The zero-order valence-electron chi connectivity index (χ0n) is 19.6. The molecule has 0 unspecified atom stereocenters. The molecule has 5 rings (SSSR count). The molecule has 0 amide bonds. The predicted octanol–water partition coefficient (Wildman–Crippen LogP) is 4.93. The average Bonchev–Trinajstić information content (AvgIpc) is 3.32. The van der Waals surface area contributed by atoms with Gasteiger partial charge in [-0.25, -0.2) is 19.4 Å². The summed E-state index contributed by atoms with van der Waals surface area (Å²) >= 11 is 5.83. The maximum Gasteiger partial charge on any atom is 0.357 e. The lowest BCUT2D eigenvalue weighted by Gasteiger charge is -2.30. The van der Waals surface area contributed by atoms with Gasteiger partial charge in [-0.2, -0.15) is 5.26 Å². The number of nitrogens with zero attached hydrogens (tertiary/aromatic N) is 6. The van der Waals surface area contributed by atoms with Crippen molar-refractivity contribution in [2.45, 2.75) is 19.8 Å². The quantitative estimate of drug-likeness (QED) is 0.341. The lowest BCUT2D eigenvalue weighted by atomic mass is 9.98. The monoisotopic (exact) mass is 502 g/mol. The van der Waals surface area contributed by atoms with E-state index >= 15 is 0 Å². The van der Waals surface area contributed by atoms with E-state index in [1.807, 2.05) is 42.5 Å². The molecule has 1 aliphatic rings. The van der Waals surface area contributed by atoms with Gasteiger partial charge in [0.1, 0.15) is 17.7 Å². The van der Waals surface area contributed by atoms with Gasteiger partial charge in [0.05, 0.1) is 23.7 Å². The van der Waals surface area contributed by atoms with Crippen molar-refractivity contribution in [2.24, 2.45) is 5.92 Å². The van der Waals surface area contributed by atoms with Crippen molar-refractivity contribution in [3.63, 3.8) is 0 Å². The van der Waals surface area contributed by atoms with Crippen LogP contribution in [-0.4, -0.2) is 45.4 Å². The van der Waals surface area contributed by atoms with Crippen LogP contribution in [0, 0.1) is 17.2 Å². The number of esters is 1. The Bertz CT molecular complexity index is 1420. The van der Waals surface area contributed by atoms with Crippen molar-refractivity contribution >= 4 is 34.7 Å².